The Balaban J connectivity index is 1.80. The summed E-state index contributed by atoms with van der Waals surface area (Å²) in [5, 5.41) is 6.30. The van der Waals surface area contributed by atoms with Crippen LogP contribution in [0, 0.1) is 0 Å². The average molecular weight is 296 g/mol. The van der Waals surface area contributed by atoms with E-state index in [1.165, 1.54) is 24.1 Å². The molecule has 4 rings (SSSR count). The molecule has 21 heavy (non-hydrogen) atoms. The third kappa shape index (κ3) is 2.07. The molecule has 1 aliphatic rings. The number of rotatable bonds is 3. The Morgan fingerprint density at radius 3 is 3.00 bits per heavy atom. The van der Waals surface area contributed by atoms with Crippen molar-refractivity contribution >= 4 is 17.5 Å². The first kappa shape index (κ1) is 12.7. The van der Waals surface area contributed by atoms with Crippen LogP contribution in [-0.4, -0.2) is 9.72 Å². The minimum absolute atomic E-state index is 0.829. The fraction of sp³-hybridized carbons (Fsp3) is 0.235. The molecule has 0 bridgehead atoms. The van der Waals surface area contributed by atoms with E-state index in [0.29, 0.717) is 0 Å². The summed E-state index contributed by atoms with van der Waals surface area (Å²) in [4.78, 5) is 1.11. The standard InChI is InChI=1S/C17H16N2OS/c1-2-19-14-7-4-3-6-12(14)10-15(19)13-11-16(20-18-13)17-8-5-9-21-17/h2,5,8-11H,1,3-4,6-7H2. The van der Waals surface area contributed by atoms with Crippen LogP contribution in [0.25, 0.3) is 28.2 Å². The molecular formula is C17H16N2OS. The Kier molecular flexibility index (Phi) is 3.04. The summed E-state index contributed by atoms with van der Waals surface area (Å²) in [6.45, 7) is 3.96. The highest BCUT2D eigenvalue weighted by atomic mass is 32.1. The van der Waals surface area contributed by atoms with Gasteiger partial charge in [0.1, 0.15) is 5.69 Å². The maximum Gasteiger partial charge on any atom is 0.177 e. The van der Waals surface area contributed by atoms with Crippen LogP contribution < -0.4 is 0 Å². The van der Waals surface area contributed by atoms with Gasteiger partial charge in [-0.1, -0.05) is 17.8 Å². The number of hydrogen-bond donors (Lipinski definition) is 0. The van der Waals surface area contributed by atoms with Crippen LogP contribution in [0.3, 0.4) is 0 Å². The zero-order valence-electron chi connectivity index (χ0n) is 11.7. The van der Waals surface area contributed by atoms with Crippen molar-refractivity contribution in [3.8, 4) is 22.0 Å². The van der Waals surface area contributed by atoms with Gasteiger partial charge in [-0.3, -0.25) is 0 Å². The largest absolute Gasteiger partial charge is 0.355 e. The highest BCUT2D eigenvalue weighted by molar-refractivity contribution is 7.13. The molecule has 0 saturated heterocycles. The van der Waals surface area contributed by atoms with E-state index >= 15 is 0 Å². The van der Waals surface area contributed by atoms with Gasteiger partial charge in [0.2, 0.25) is 0 Å². The van der Waals surface area contributed by atoms with E-state index in [-0.39, 0.29) is 0 Å². The molecule has 0 aromatic carbocycles. The van der Waals surface area contributed by atoms with Crippen molar-refractivity contribution < 1.29 is 4.52 Å². The van der Waals surface area contributed by atoms with Crippen LogP contribution in [0.4, 0.5) is 0 Å². The monoisotopic (exact) mass is 296 g/mol. The van der Waals surface area contributed by atoms with Crippen molar-refractivity contribution in [1.82, 2.24) is 9.72 Å². The van der Waals surface area contributed by atoms with Gasteiger partial charge in [0.05, 0.1) is 10.6 Å². The first-order valence-electron chi connectivity index (χ1n) is 7.23. The van der Waals surface area contributed by atoms with Gasteiger partial charge < -0.3 is 9.09 Å². The Bertz CT molecular complexity index is 780. The van der Waals surface area contributed by atoms with Crippen LogP contribution in [0.2, 0.25) is 0 Å². The zero-order valence-corrected chi connectivity index (χ0v) is 12.5. The summed E-state index contributed by atoms with van der Waals surface area (Å²) >= 11 is 1.66. The molecular weight excluding hydrogens is 280 g/mol. The van der Waals surface area contributed by atoms with E-state index in [9.17, 15) is 0 Å². The minimum Gasteiger partial charge on any atom is -0.355 e. The van der Waals surface area contributed by atoms with Gasteiger partial charge in [0.15, 0.2) is 5.76 Å². The third-order valence-electron chi connectivity index (χ3n) is 4.06. The molecule has 4 heteroatoms. The average Bonchev–Trinajstić information content (AvgIpc) is 3.24. The van der Waals surface area contributed by atoms with Crippen LogP contribution in [0.1, 0.15) is 24.1 Å². The van der Waals surface area contributed by atoms with Crippen molar-refractivity contribution in [2.45, 2.75) is 25.7 Å². The molecule has 0 unspecified atom stereocenters. The summed E-state index contributed by atoms with van der Waals surface area (Å²) in [6.07, 6.45) is 6.69. The van der Waals surface area contributed by atoms with E-state index in [1.807, 2.05) is 29.8 Å². The molecule has 0 saturated carbocycles. The smallest absolute Gasteiger partial charge is 0.177 e. The van der Waals surface area contributed by atoms with Crippen LogP contribution in [0.5, 0.6) is 0 Å². The number of thiophene rings is 1. The number of aryl methyl sites for hydroxylation is 1. The molecule has 0 radical (unpaired) electrons. The van der Waals surface area contributed by atoms with Crippen molar-refractivity contribution in [3.63, 3.8) is 0 Å². The van der Waals surface area contributed by atoms with Gasteiger partial charge in [-0.05, 0) is 48.8 Å². The second kappa shape index (κ2) is 5.04. The maximum atomic E-state index is 5.51. The van der Waals surface area contributed by atoms with E-state index < -0.39 is 0 Å². The lowest BCUT2D eigenvalue weighted by Gasteiger charge is -2.13. The van der Waals surface area contributed by atoms with Crippen LogP contribution in [0.15, 0.2) is 40.7 Å². The summed E-state index contributed by atoms with van der Waals surface area (Å²) in [5.41, 5.74) is 4.78. The van der Waals surface area contributed by atoms with E-state index in [2.05, 4.69) is 22.4 Å². The molecule has 3 aromatic rings. The van der Waals surface area contributed by atoms with Gasteiger partial charge in [-0.25, -0.2) is 0 Å². The second-order valence-corrected chi connectivity index (χ2v) is 6.26. The highest BCUT2D eigenvalue weighted by Crippen LogP contribution is 2.33. The Morgan fingerprint density at radius 1 is 1.29 bits per heavy atom. The predicted molar refractivity (Wildman–Crippen MR) is 86.3 cm³/mol. The second-order valence-electron chi connectivity index (χ2n) is 5.31. The third-order valence-corrected chi connectivity index (χ3v) is 4.95. The van der Waals surface area contributed by atoms with Crippen molar-refractivity contribution in [2.75, 3.05) is 0 Å². The molecule has 0 spiro atoms. The van der Waals surface area contributed by atoms with Gasteiger partial charge in [0, 0.05) is 18.0 Å². The van der Waals surface area contributed by atoms with Crippen LogP contribution >= 0.6 is 11.3 Å². The molecule has 0 atom stereocenters. The summed E-state index contributed by atoms with van der Waals surface area (Å²) in [5.74, 6) is 0.829. The molecule has 3 aromatic heterocycles. The van der Waals surface area contributed by atoms with Crippen molar-refractivity contribution in [1.29, 1.82) is 0 Å². The summed E-state index contributed by atoms with van der Waals surface area (Å²) in [6, 6.07) is 8.33. The summed E-state index contributed by atoms with van der Waals surface area (Å²) < 4.78 is 7.68. The van der Waals surface area contributed by atoms with Gasteiger partial charge in [0.25, 0.3) is 0 Å². The SMILES string of the molecule is C=Cn1c(-c2cc(-c3cccs3)on2)cc2c1CCCC2. The number of aromatic nitrogens is 2. The number of hydrogen-bond acceptors (Lipinski definition) is 3. The molecule has 0 N–H and O–H groups in total. The fourth-order valence-corrected chi connectivity index (χ4v) is 3.73. The molecule has 0 aliphatic heterocycles. The Labute approximate surface area is 127 Å². The molecule has 3 nitrogen and oxygen atoms in total. The van der Waals surface area contributed by atoms with Crippen LogP contribution in [-0.2, 0) is 12.8 Å². The predicted octanol–water partition coefficient (Wildman–Crippen LogP) is 4.85. The lowest BCUT2D eigenvalue weighted by atomic mass is 9.98. The molecule has 0 amide bonds. The quantitative estimate of drug-likeness (QED) is 0.691. The molecule has 106 valence electrons. The van der Waals surface area contributed by atoms with Gasteiger partial charge in [-0.15, -0.1) is 11.3 Å². The Hall–Kier alpha value is -2.07. The van der Waals surface area contributed by atoms with E-state index in [4.69, 9.17) is 4.52 Å². The highest BCUT2D eigenvalue weighted by Gasteiger charge is 2.20. The van der Waals surface area contributed by atoms with Crippen molar-refractivity contribution in [2.24, 2.45) is 0 Å². The Morgan fingerprint density at radius 2 is 2.19 bits per heavy atom. The molecule has 3 heterocycles. The van der Waals surface area contributed by atoms with Gasteiger partial charge in [-0.2, -0.15) is 0 Å². The summed E-state index contributed by atoms with van der Waals surface area (Å²) in [7, 11) is 0. The van der Waals surface area contributed by atoms with E-state index in [0.717, 1.165) is 34.9 Å². The number of fused-ring (bicyclic) bond motifs is 1. The zero-order chi connectivity index (χ0) is 14.2. The molecule has 0 fully saturated rings. The van der Waals surface area contributed by atoms with Gasteiger partial charge >= 0.3 is 0 Å². The minimum atomic E-state index is 0.829. The normalized spacial score (nSPS) is 14.1. The topological polar surface area (TPSA) is 31.0 Å². The number of nitrogens with zero attached hydrogens (tertiary/aromatic N) is 2. The lowest BCUT2D eigenvalue weighted by molar-refractivity contribution is 0.435. The lowest BCUT2D eigenvalue weighted by Crippen LogP contribution is -2.04. The fourth-order valence-electron chi connectivity index (χ4n) is 3.06. The molecule has 1 aliphatic carbocycles. The van der Waals surface area contributed by atoms with E-state index in [1.54, 1.807) is 11.3 Å². The van der Waals surface area contributed by atoms with Crippen molar-refractivity contribution in [3.05, 3.63) is 47.5 Å². The first-order valence-corrected chi connectivity index (χ1v) is 8.11. The first-order chi connectivity index (χ1) is 10.4. The maximum absolute atomic E-state index is 5.51.